The molecule has 2 aliphatic heterocycles. The Kier molecular flexibility index (Phi) is 4.66. The van der Waals surface area contributed by atoms with E-state index < -0.39 is 11.8 Å². The largest absolute Gasteiger partial charge is 0.493 e. The van der Waals surface area contributed by atoms with Gasteiger partial charge < -0.3 is 19.3 Å². The van der Waals surface area contributed by atoms with Crippen LogP contribution in [0.3, 0.4) is 0 Å². The van der Waals surface area contributed by atoms with Crippen molar-refractivity contribution in [2.24, 2.45) is 5.41 Å². The Balaban J connectivity index is 1.32. The summed E-state index contributed by atoms with van der Waals surface area (Å²) in [5, 5.41) is 10.8. The van der Waals surface area contributed by atoms with E-state index in [2.05, 4.69) is 17.0 Å². The molecule has 1 aromatic carbocycles. The number of aliphatic hydroxyl groups is 1. The molecule has 0 radical (unpaired) electrons. The average Bonchev–Trinajstić information content (AvgIpc) is 2.62. The lowest BCUT2D eigenvalue weighted by Gasteiger charge is -2.65. The number of alkyl halides is 1. The number of nitrogens with zero attached hydrogens (tertiary/aromatic N) is 1. The van der Waals surface area contributed by atoms with Crippen LogP contribution in [0.15, 0.2) is 12.1 Å². The quantitative estimate of drug-likeness (QED) is 0.787. The van der Waals surface area contributed by atoms with Gasteiger partial charge in [-0.1, -0.05) is 0 Å². The van der Waals surface area contributed by atoms with E-state index in [0.717, 1.165) is 31.0 Å². The van der Waals surface area contributed by atoms with Gasteiger partial charge in [0, 0.05) is 24.5 Å². The Morgan fingerprint density at radius 2 is 1.93 bits per heavy atom. The molecule has 1 saturated heterocycles. The second-order valence-electron chi connectivity index (χ2n) is 11.0. The van der Waals surface area contributed by atoms with Crippen molar-refractivity contribution in [3.05, 3.63) is 23.3 Å². The molecule has 1 N–H and O–H groups in total. The third kappa shape index (κ3) is 3.51. The van der Waals surface area contributed by atoms with Crippen molar-refractivity contribution in [1.82, 2.24) is 4.90 Å². The molecule has 0 amide bonds. The molecule has 166 valence electrons. The lowest BCUT2D eigenvalue weighted by molar-refractivity contribution is -0.226. The van der Waals surface area contributed by atoms with E-state index in [1.54, 1.807) is 7.11 Å². The van der Waals surface area contributed by atoms with Gasteiger partial charge in [-0.3, -0.25) is 4.90 Å². The van der Waals surface area contributed by atoms with Gasteiger partial charge in [-0.2, -0.15) is 0 Å². The predicted molar refractivity (Wildman–Crippen MR) is 112 cm³/mol. The lowest BCUT2D eigenvalue weighted by Crippen LogP contribution is -2.66. The maximum absolute atomic E-state index is 13.8. The van der Waals surface area contributed by atoms with Gasteiger partial charge in [0.05, 0.1) is 31.5 Å². The molecule has 3 aliphatic carbocycles. The van der Waals surface area contributed by atoms with Gasteiger partial charge in [-0.05, 0) is 76.1 Å². The third-order valence-electron chi connectivity index (χ3n) is 7.32. The minimum absolute atomic E-state index is 0.0437. The molecule has 2 bridgehead atoms. The van der Waals surface area contributed by atoms with E-state index in [4.69, 9.17) is 14.2 Å². The van der Waals surface area contributed by atoms with Crippen LogP contribution in [-0.4, -0.2) is 60.3 Å². The molecule has 5 aliphatic rings. The van der Waals surface area contributed by atoms with Gasteiger partial charge in [0.1, 0.15) is 5.67 Å². The fraction of sp³-hybridized carbons (Fsp3) is 0.750. The second-order valence-corrected chi connectivity index (χ2v) is 11.0. The molecule has 3 unspecified atom stereocenters. The Hall–Kier alpha value is -1.37. The number of hydrogen-bond donors (Lipinski definition) is 1. The summed E-state index contributed by atoms with van der Waals surface area (Å²) in [7, 11) is 1.66. The molecule has 0 spiro atoms. The second kappa shape index (κ2) is 6.81. The number of halogens is 1. The average molecular weight is 420 g/mol. The van der Waals surface area contributed by atoms with E-state index in [1.165, 1.54) is 11.1 Å². The number of fused-ring (bicyclic) bond motifs is 3. The van der Waals surface area contributed by atoms with E-state index in [1.807, 2.05) is 20.8 Å². The number of piperidine rings is 1. The number of methoxy groups -OCH3 is 1. The summed E-state index contributed by atoms with van der Waals surface area (Å²) >= 11 is 0. The SMILES string of the molecule is COc1cc2c(cc1OCC13CC(F)(C1)C3)CCN1CC(OC(C)(C)C)C(O)CC21. The summed E-state index contributed by atoms with van der Waals surface area (Å²) in [6, 6.07) is 4.35. The topological polar surface area (TPSA) is 51.2 Å². The highest BCUT2D eigenvalue weighted by molar-refractivity contribution is 5.50. The number of benzene rings is 1. The molecule has 6 heteroatoms. The van der Waals surface area contributed by atoms with Crippen molar-refractivity contribution in [3.63, 3.8) is 0 Å². The summed E-state index contributed by atoms with van der Waals surface area (Å²) in [4.78, 5) is 2.42. The molecule has 0 aromatic heterocycles. The molecule has 4 fully saturated rings. The molecule has 2 heterocycles. The van der Waals surface area contributed by atoms with Crippen molar-refractivity contribution >= 4 is 0 Å². The molecule has 3 atom stereocenters. The Labute approximate surface area is 178 Å². The van der Waals surface area contributed by atoms with Crippen molar-refractivity contribution in [1.29, 1.82) is 0 Å². The van der Waals surface area contributed by atoms with Gasteiger partial charge >= 0.3 is 0 Å². The van der Waals surface area contributed by atoms with Gasteiger partial charge in [-0.15, -0.1) is 0 Å². The lowest BCUT2D eigenvalue weighted by atomic mass is 9.43. The molecular weight excluding hydrogens is 385 g/mol. The van der Waals surface area contributed by atoms with Crippen LogP contribution in [0, 0.1) is 5.41 Å². The van der Waals surface area contributed by atoms with Gasteiger partial charge in [-0.25, -0.2) is 4.39 Å². The third-order valence-corrected chi connectivity index (χ3v) is 7.32. The summed E-state index contributed by atoms with van der Waals surface area (Å²) < 4.78 is 31.7. The summed E-state index contributed by atoms with van der Waals surface area (Å²) in [5.74, 6) is 1.48. The molecule has 1 aromatic rings. The van der Waals surface area contributed by atoms with E-state index in [9.17, 15) is 9.50 Å². The molecule has 3 saturated carbocycles. The fourth-order valence-electron chi connectivity index (χ4n) is 6.08. The maximum Gasteiger partial charge on any atom is 0.161 e. The smallest absolute Gasteiger partial charge is 0.161 e. The highest BCUT2D eigenvalue weighted by atomic mass is 19.1. The van der Waals surface area contributed by atoms with Gasteiger partial charge in [0.25, 0.3) is 0 Å². The first-order chi connectivity index (χ1) is 14.1. The van der Waals surface area contributed by atoms with Crippen molar-refractivity contribution in [3.8, 4) is 11.5 Å². The van der Waals surface area contributed by atoms with Crippen LogP contribution in [0.2, 0.25) is 0 Å². The normalized spacial score (nSPS) is 37.5. The van der Waals surface area contributed by atoms with Gasteiger partial charge in [0.15, 0.2) is 11.5 Å². The van der Waals surface area contributed by atoms with Crippen LogP contribution in [-0.2, 0) is 11.2 Å². The number of aliphatic hydroxyl groups excluding tert-OH is 1. The van der Waals surface area contributed by atoms with Crippen LogP contribution in [0.25, 0.3) is 0 Å². The first kappa shape index (κ1) is 20.5. The molecule has 30 heavy (non-hydrogen) atoms. The van der Waals surface area contributed by atoms with Crippen LogP contribution >= 0.6 is 0 Å². The zero-order chi connectivity index (χ0) is 21.3. The fourth-order valence-corrected chi connectivity index (χ4v) is 6.08. The van der Waals surface area contributed by atoms with E-state index in [0.29, 0.717) is 32.3 Å². The van der Waals surface area contributed by atoms with Crippen molar-refractivity contribution in [2.75, 3.05) is 26.8 Å². The Morgan fingerprint density at radius 3 is 2.57 bits per heavy atom. The minimum atomic E-state index is -0.900. The molecule has 5 nitrogen and oxygen atoms in total. The zero-order valence-electron chi connectivity index (χ0n) is 18.5. The van der Waals surface area contributed by atoms with Crippen LogP contribution < -0.4 is 9.47 Å². The highest BCUT2D eigenvalue weighted by Crippen LogP contribution is 2.69. The Morgan fingerprint density at radius 1 is 1.20 bits per heavy atom. The van der Waals surface area contributed by atoms with Crippen molar-refractivity contribution < 1.29 is 23.7 Å². The van der Waals surface area contributed by atoms with E-state index >= 15 is 0 Å². The molecule has 6 rings (SSSR count). The standard InChI is InChI=1S/C24H34FNO4/c1-22(2,3)30-21-10-26-6-5-15-7-20(29-14-23-11-24(25,12-23)13-23)19(28-4)8-16(15)17(26)9-18(21)27/h7-8,17-18,21,27H,5-6,9-14H2,1-4H3. The summed E-state index contributed by atoms with van der Waals surface area (Å²) in [6.07, 6.45) is 2.84. The van der Waals surface area contributed by atoms with Crippen LogP contribution in [0.1, 0.15) is 63.6 Å². The minimum Gasteiger partial charge on any atom is -0.493 e. The number of rotatable bonds is 5. The first-order valence-electron chi connectivity index (χ1n) is 11.2. The highest BCUT2D eigenvalue weighted by Gasteiger charge is 2.69. The summed E-state index contributed by atoms with van der Waals surface area (Å²) in [5.41, 5.74) is 1.34. The van der Waals surface area contributed by atoms with Gasteiger partial charge in [0.2, 0.25) is 0 Å². The van der Waals surface area contributed by atoms with Crippen LogP contribution in [0.5, 0.6) is 11.5 Å². The van der Waals surface area contributed by atoms with Crippen molar-refractivity contribution in [2.45, 2.75) is 82.4 Å². The number of hydrogen-bond acceptors (Lipinski definition) is 5. The maximum atomic E-state index is 13.8. The van der Waals surface area contributed by atoms with Crippen LogP contribution in [0.4, 0.5) is 4.39 Å². The predicted octanol–water partition coefficient (Wildman–Crippen LogP) is 3.81. The summed E-state index contributed by atoms with van der Waals surface area (Å²) in [6.45, 7) is 8.33. The zero-order valence-corrected chi connectivity index (χ0v) is 18.5. The molecular formula is C24H34FNO4. The number of ether oxygens (including phenoxy) is 3. The Bertz CT molecular complexity index is 815. The monoisotopic (exact) mass is 419 g/mol. The van der Waals surface area contributed by atoms with E-state index in [-0.39, 0.29) is 23.2 Å². The first-order valence-corrected chi connectivity index (χ1v) is 11.2.